The highest BCUT2D eigenvalue weighted by Crippen LogP contribution is 2.45. The number of piperidine rings is 1. The first-order chi connectivity index (χ1) is 35.1. The van der Waals surface area contributed by atoms with Crippen LogP contribution in [0.4, 0.5) is 11.5 Å². The molecule has 14 nitrogen and oxygen atoms in total. The number of aliphatic hydroxyl groups is 1. The van der Waals surface area contributed by atoms with E-state index in [-0.39, 0.29) is 41.9 Å². The van der Waals surface area contributed by atoms with Crippen molar-refractivity contribution < 1.29 is 33.7 Å². The second kappa shape index (κ2) is 23.0. The molecule has 0 spiro atoms. The van der Waals surface area contributed by atoms with Gasteiger partial charge in [-0.1, -0.05) is 109 Å². The summed E-state index contributed by atoms with van der Waals surface area (Å²) >= 11 is 0. The number of aromatic nitrogens is 1. The third-order valence-electron chi connectivity index (χ3n) is 13.9. The van der Waals surface area contributed by atoms with Crippen molar-refractivity contribution in [2.75, 3.05) is 18.4 Å². The number of nitrogens with zero attached hydrogens (tertiary/aromatic N) is 4. The lowest BCUT2D eigenvalue weighted by atomic mass is 9.88. The van der Waals surface area contributed by atoms with E-state index in [9.17, 15) is 34.5 Å². The van der Waals surface area contributed by atoms with Gasteiger partial charge in [-0.2, -0.15) is 5.41 Å². The van der Waals surface area contributed by atoms with Crippen molar-refractivity contribution in [3.8, 4) is 34.2 Å². The zero-order chi connectivity index (χ0) is 50.0. The Kier molecular flexibility index (Phi) is 15.7. The van der Waals surface area contributed by atoms with Crippen molar-refractivity contribution in [1.29, 1.82) is 5.41 Å². The molecule has 368 valence electrons. The number of amides is 5. The molecule has 5 aromatic rings. The number of fused-ring (bicyclic) bond motifs is 2. The van der Waals surface area contributed by atoms with Gasteiger partial charge < -0.3 is 20.3 Å². The van der Waals surface area contributed by atoms with Gasteiger partial charge in [-0.05, 0) is 98.7 Å². The van der Waals surface area contributed by atoms with Crippen LogP contribution in [0.1, 0.15) is 127 Å². The first-order valence-electron chi connectivity index (χ1n) is 25.4. The Bertz CT molecular complexity index is 2990. The Hall–Kier alpha value is -7.76. The minimum Gasteiger partial charge on any atom is -0.393 e. The molecule has 72 heavy (non-hydrogen) atoms. The highest BCUT2D eigenvalue weighted by molar-refractivity contribution is 6.25. The number of rotatable bonds is 18. The molecule has 2 fully saturated rings. The molecule has 1 unspecified atom stereocenters. The van der Waals surface area contributed by atoms with Crippen LogP contribution in [0.5, 0.6) is 0 Å². The molecule has 0 radical (unpaired) electrons. The van der Waals surface area contributed by atoms with E-state index in [1.165, 1.54) is 0 Å². The largest absolute Gasteiger partial charge is 0.393 e. The Morgan fingerprint density at radius 1 is 0.792 bits per heavy atom. The molecule has 14 heteroatoms. The van der Waals surface area contributed by atoms with Crippen molar-refractivity contribution in [2.45, 2.75) is 109 Å². The van der Waals surface area contributed by atoms with Crippen molar-refractivity contribution in [1.82, 2.24) is 20.1 Å². The van der Waals surface area contributed by atoms with Crippen LogP contribution in [-0.2, 0) is 20.9 Å². The molecule has 9 rings (SSSR count). The summed E-state index contributed by atoms with van der Waals surface area (Å²) in [4.78, 5) is 69.2. The topological polar surface area (TPSA) is 189 Å². The number of amidine groups is 1. The maximum Gasteiger partial charge on any atom is 0.271 e. The lowest BCUT2D eigenvalue weighted by Gasteiger charge is -2.27. The molecule has 0 bridgehead atoms. The monoisotopic (exact) mass is 965 g/mol. The molecule has 4 aliphatic rings. The third-order valence-corrected chi connectivity index (χ3v) is 13.9. The summed E-state index contributed by atoms with van der Waals surface area (Å²) in [5.74, 6) is 5.99. The van der Waals surface area contributed by atoms with Gasteiger partial charge in [-0.25, -0.2) is 4.58 Å². The summed E-state index contributed by atoms with van der Waals surface area (Å²) in [7, 11) is 0. The molecule has 4 aromatic carbocycles. The van der Waals surface area contributed by atoms with Gasteiger partial charge >= 0.3 is 0 Å². The van der Waals surface area contributed by atoms with Gasteiger partial charge in [-0.3, -0.25) is 34.2 Å². The highest BCUT2D eigenvalue weighted by Gasteiger charge is 2.45. The number of imide groups is 2. The van der Waals surface area contributed by atoms with Crippen LogP contribution in [-0.4, -0.2) is 92.3 Å². The summed E-state index contributed by atoms with van der Waals surface area (Å²) in [5, 5.41) is 28.3. The molecular weight excluding hydrogens is 905 g/mol. The number of unbranched alkanes of at least 4 members (excludes halogenated alkanes) is 5. The molecule has 1 aliphatic carbocycles. The van der Waals surface area contributed by atoms with Gasteiger partial charge in [0.1, 0.15) is 11.6 Å². The van der Waals surface area contributed by atoms with E-state index in [2.05, 4.69) is 75.0 Å². The minimum absolute atomic E-state index is 0.0357. The minimum atomic E-state index is -1.00. The van der Waals surface area contributed by atoms with Crippen LogP contribution >= 0.6 is 0 Å². The van der Waals surface area contributed by atoms with E-state index in [0.29, 0.717) is 44.0 Å². The molecule has 3 aliphatic heterocycles. The maximum atomic E-state index is 13.3. The van der Waals surface area contributed by atoms with E-state index < -0.39 is 29.7 Å². The number of aliphatic imine (C=N–C) groups is 1. The van der Waals surface area contributed by atoms with Crippen molar-refractivity contribution in [2.24, 2.45) is 10.9 Å². The third kappa shape index (κ3) is 11.2. The van der Waals surface area contributed by atoms with E-state index in [4.69, 9.17) is 4.99 Å². The van der Waals surface area contributed by atoms with E-state index in [1.54, 1.807) is 24.5 Å². The fraction of sp³-hybridized carbons (Fsp3) is 0.345. The zero-order valence-corrected chi connectivity index (χ0v) is 40.5. The number of carbonyl (C=O) groups is 5. The van der Waals surface area contributed by atoms with Gasteiger partial charge in [0.05, 0.1) is 35.7 Å². The Morgan fingerprint density at radius 3 is 2.29 bits per heavy atom. The lowest BCUT2D eigenvalue weighted by Crippen LogP contribution is -2.54. The Balaban J connectivity index is 0.738. The van der Waals surface area contributed by atoms with Crippen LogP contribution in [0, 0.1) is 23.2 Å². The lowest BCUT2D eigenvalue weighted by molar-refractivity contribution is -0.256. The molecule has 1 saturated heterocycles. The number of carbonyl (C=O) groups excluding carboxylic acids is 5. The second-order valence-electron chi connectivity index (χ2n) is 19.0. The number of hydrogen-bond donors (Lipinski definition) is 5. The Morgan fingerprint density at radius 2 is 1.53 bits per heavy atom. The number of benzene rings is 4. The molecule has 4 heterocycles. The summed E-state index contributed by atoms with van der Waals surface area (Å²) in [6.45, 7) is 1.72. The fourth-order valence-electron chi connectivity index (χ4n) is 10.2. The summed E-state index contributed by atoms with van der Waals surface area (Å²) in [6, 6.07) is 32.9. The number of aliphatic hydroxyl groups excluding tert-OH is 1. The zero-order valence-electron chi connectivity index (χ0n) is 40.5. The molecule has 1 saturated carbocycles. The number of nitrogens with one attached hydrogen (secondary N) is 4. The Labute approximate surface area is 420 Å². The quantitative estimate of drug-likeness (QED) is 0.0252. The average Bonchev–Trinajstić information content (AvgIpc) is 3.85. The van der Waals surface area contributed by atoms with E-state index >= 15 is 0 Å². The van der Waals surface area contributed by atoms with Crippen molar-refractivity contribution in [3.63, 3.8) is 0 Å². The van der Waals surface area contributed by atoms with Gasteiger partial charge in [0.2, 0.25) is 29.9 Å². The number of anilines is 1. The smallest absolute Gasteiger partial charge is 0.271 e. The number of hydrogen-bond acceptors (Lipinski definition) is 9. The second-order valence-corrected chi connectivity index (χ2v) is 19.0. The summed E-state index contributed by atoms with van der Waals surface area (Å²) in [6.07, 6.45) is 13.3. The van der Waals surface area contributed by atoms with Crippen LogP contribution in [0.25, 0.3) is 22.4 Å². The standard InChI is InChI=1S/C58H60N8O6/c59-54-52-50(42-20-8-5-9-21-42)53(43-22-10-6-11-23-43)65(55(52)62-38-64(54)36-40-27-29-44(67)30-28-40)37-41-19-15-18-39(35-41)17-7-1-2-12-26-48(68)61-34-14-4-3-13-33-60-46-25-16-24-45-51(46)58(72)66(57(45)71)47-31-32-49(69)63-56(47)70/h5-6,8-11,15-16,18-25,35-36,38,40,44,47,59,67H,1-4,12-14,26-34,37H2,(H2-,60,61,63,68,69,70,72)/p+1. The summed E-state index contributed by atoms with van der Waals surface area (Å²) in [5.41, 5.74) is 7.84. The SMILES string of the molecule is N=C1c2c(-c3ccccc3)c(-c3ccccc3)n(Cc3cccc(C#CCCCCC(=O)NCCCCCCNc4cccc5c4C(=O)N(C4CCC(=O)NC4=O)C5=O)c3)c2N=C[N+]1=CC1CCC(O)CC1. The van der Waals surface area contributed by atoms with Crippen molar-refractivity contribution in [3.05, 3.63) is 131 Å². The van der Waals surface area contributed by atoms with Gasteiger partial charge in [0, 0.05) is 55.1 Å². The normalized spacial score (nSPS) is 18.9. The fourth-order valence-corrected chi connectivity index (χ4v) is 10.2. The van der Waals surface area contributed by atoms with E-state index in [1.807, 2.05) is 53.1 Å². The van der Waals surface area contributed by atoms with Crippen LogP contribution in [0.15, 0.2) is 108 Å². The molecule has 5 N–H and O–H groups in total. The van der Waals surface area contributed by atoms with Crippen LogP contribution < -0.4 is 16.0 Å². The van der Waals surface area contributed by atoms with Gasteiger partial charge in [-0.15, -0.1) is 0 Å². The van der Waals surface area contributed by atoms with Gasteiger partial charge in [0.15, 0.2) is 0 Å². The summed E-state index contributed by atoms with van der Waals surface area (Å²) < 4.78 is 4.10. The average molecular weight is 966 g/mol. The maximum absolute atomic E-state index is 13.3. The molecule has 1 atom stereocenters. The van der Waals surface area contributed by atoms with E-state index in [0.717, 1.165) is 114 Å². The first-order valence-corrected chi connectivity index (χ1v) is 25.4. The highest BCUT2D eigenvalue weighted by atomic mass is 16.3. The van der Waals surface area contributed by atoms with Gasteiger partial charge in [0.25, 0.3) is 17.6 Å². The van der Waals surface area contributed by atoms with Crippen molar-refractivity contribution >= 4 is 59.4 Å². The predicted molar refractivity (Wildman–Crippen MR) is 279 cm³/mol. The molecular formula is C58H61N8O6+. The molecule has 1 aromatic heterocycles. The van der Waals surface area contributed by atoms with Crippen LogP contribution in [0.3, 0.4) is 0 Å². The first kappa shape index (κ1) is 49.2. The molecule has 5 amide bonds. The predicted octanol–water partition coefficient (Wildman–Crippen LogP) is 8.61. The van der Waals surface area contributed by atoms with Crippen LogP contribution in [0.2, 0.25) is 0 Å².